The molecule has 0 aromatic carbocycles. The Balaban J connectivity index is 1.47. The Labute approximate surface area is 176 Å². The van der Waals surface area contributed by atoms with Crippen molar-refractivity contribution in [3.63, 3.8) is 0 Å². The smallest absolute Gasteiger partial charge is 0.350 e. The van der Waals surface area contributed by atoms with E-state index in [1.54, 1.807) is 24.0 Å². The largest absolute Gasteiger partial charge is 0.465 e. The lowest BCUT2D eigenvalue weighted by molar-refractivity contribution is 0.0607. The van der Waals surface area contributed by atoms with Crippen molar-refractivity contribution >= 4 is 28.6 Å². The average molecular weight is 415 g/mol. The molecular formula is C22H30N4O2S. The third-order valence-electron chi connectivity index (χ3n) is 6.26. The monoisotopic (exact) mass is 414 g/mol. The van der Waals surface area contributed by atoms with Gasteiger partial charge in [-0.15, -0.1) is 11.3 Å². The minimum atomic E-state index is -0.253. The van der Waals surface area contributed by atoms with E-state index in [0.717, 1.165) is 44.2 Å². The van der Waals surface area contributed by atoms with E-state index in [1.807, 2.05) is 4.68 Å². The topological polar surface area (TPSA) is 69.0 Å². The molecule has 0 bridgehead atoms. The fourth-order valence-electron chi connectivity index (χ4n) is 4.31. The molecule has 4 rings (SSSR count). The maximum Gasteiger partial charge on any atom is 0.350 e. The number of nitrogens with one attached hydrogen (secondary N) is 1. The molecule has 0 unspecified atom stereocenters. The second kappa shape index (κ2) is 8.30. The molecule has 0 saturated heterocycles. The maximum absolute atomic E-state index is 12.4. The van der Waals surface area contributed by atoms with E-state index in [2.05, 4.69) is 41.4 Å². The van der Waals surface area contributed by atoms with E-state index >= 15 is 0 Å². The quantitative estimate of drug-likeness (QED) is 0.671. The van der Waals surface area contributed by atoms with Crippen LogP contribution in [0.4, 0.5) is 5.69 Å². The van der Waals surface area contributed by atoms with Crippen LogP contribution in [-0.2, 0) is 4.74 Å². The summed E-state index contributed by atoms with van der Waals surface area (Å²) in [6, 6.07) is 2.94. The number of anilines is 1. The SMILES string of the molecule is COC(=O)c1sc(C2=CCC(C)(C)CC2)cc1NC1CCC(n2cncn2)CC1. The van der Waals surface area contributed by atoms with Gasteiger partial charge in [0.2, 0.25) is 0 Å². The van der Waals surface area contributed by atoms with E-state index in [-0.39, 0.29) is 5.97 Å². The normalized spacial score (nSPS) is 24.0. The van der Waals surface area contributed by atoms with Crippen LogP contribution >= 0.6 is 11.3 Å². The van der Waals surface area contributed by atoms with Gasteiger partial charge in [0.15, 0.2) is 0 Å². The van der Waals surface area contributed by atoms with Crippen LogP contribution in [0.1, 0.15) is 79.4 Å². The predicted octanol–water partition coefficient (Wildman–Crippen LogP) is 5.32. The molecule has 6 nitrogen and oxygen atoms in total. The Bertz CT molecular complexity index is 877. The molecule has 0 amide bonds. The number of hydrogen-bond donors (Lipinski definition) is 1. The molecular weight excluding hydrogens is 384 g/mol. The summed E-state index contributed by atoms with van der Waals surface area (Å²) < 4.78 is 7.03. The first-order chi connectivity index (χ1) is 13.9. The first kappa shape index (κ1) is 20.1. The van der Waals surface area contributed by atoms with Gasteiger partial charge in [-0.3, -0.25) is 0 Å². The highest BCUT2D eigenvalue weighted by atomic mass is 32.1. The van der Waals surface area contributed by atoms with Crippen molar-refractivity contribution in [3.05, 3.63) is 34.6 Å². The number of ether oxygens (including phenoxy) is 1. The van der Waals surface area contributed by atoms with Gasteiger partial charge < -0.3 is 10.1 Å². The highest BCUT2D eigenvalue weighted by molar-refractivity contribution is 7.15. The number of carbonyl (C=O) groups is 1. The highest BCUT2D eigenvalue weighted by Crippen LogP contribution is 2.42. The minimum Gasteiger partial charge on any atom is -0.465 e. The molecule has 1 saturated carbocycles. The standard InChI is InChI=1S/C22H30N4O2S/c1-22(2)10-8-15(9-11-22)19-12-18(20(29-19)21(27)28-3)25-16-4-6-17(7-5-16)26-14-23-13-24-26/h8,12-14,16-17,25H,4-7,9-11H2,1-3H3. The molecule has 2 aromatic heterocycles. The van der Waals surface area contributed by atoms with Crippen LogP contribution in [0.25, 0.3) is 5.57 Å². The van der Waals surface area contributed by atoms with Gasteiger partial charge >= 0.3 is 5.97 Å². The summed E-state index contributed by atoms with van der Waals surface area (Å²) in [6.45, 7) is 4.63. The van der Waals surface area contributed by atoms with Gasteiger partial charge in [-0.1, -0.05) is 19.9 Å². The second-order valence-electron chi connectivity index (χ2n) is 8.97. The Morgan fingerprint density at radius 2 is 2.10 bits per heavy atom. The molecule has 1 fully saturated rings. The Morgan fingerprint density at radius 3 is 2.72 bits per heavy atom. The zero-order chi connectivity index (χ0) is 20.4. The molecule has 156 valence electrons. The molecule has 2 heterocycles. The van der Waals surface area contributed by atoms with E-state index in [0.29, 0.717) is 22.4 Å². The number of thiophene rings is 1. The first-order valence-corrected chi connectivity index (χ1v) is 11.3. The van der Waals surface area contributed by atoms with Gasteiger partial charge in [0.1, 0.15) is 17.5 Å². The van der Waals surface area contributed by atoms with Gasteiger partial charge in [-0.25, -0.2) is 14.5 Å². The summed E-state index contributed by atoms with van der Waals surface area (Å²) in [5.74, 6) is -0.253. The third kappa shape index (κ3) is 4.55. The van der Waals surface area contributed by atoms with Crippen LogP contribution in [0, 0.1) is 5.41 Å². The van der Waals surface area contributed by atoms with Gasteiger partial charge in [-0.05, 0) is 62.0 Å². The zero-order valence-corrected chi connectivity index (χ0v) is 18.3. The molecule has 2 aliphatic rings. The van der Waals surface area contributed by atoms with E-state index in [1.165, 1.54) is 24.0 Å². The highest BCUT2D eigenvalue weighted by Gasteiger charge is 2.27. The molecule has 2 aliphatic carbocycles. The van der Waals surface area contributed by atoms with Crippen molar-refractivity contribution in [1.82, 2.24) is 14.8 Å². The van der Waals surface area contributed by atoms with Gasteiger partial charge in [0, 0.05) is 10.9 Å². The summed E-state index contributed by atoms with van der Waals surface area (Å²) in [5.41, 5.74) is 2.66. The van der Waals surface area contributed by atoms with E-state index < -0.39 is 0 Å². The molecule has 0 atom stereocenters. The van der Waals surface area contributed by atoms with Crippen LogP contribution < -0.4 is 5.32 Å². The minimum absolute atomic E-state index is 0.253. The lowest BCUT2D eigenvalue weighted by atomic mass is 9.78. The molecule has 29 heavy (non-hydrogen) atoms. The number of rotatable bonds is 5. The number of nitrogens with zero attached hydrogens (tertiary/aromatic N) is 3. The first-order valence-electron chi connectivity index (χ1n) is 10.5. The van der Waals surface area contributed by atoms with Crippen molar-refractivity contribution in [2.45, 2.75) is 70.9 Å². The van der Waals surface area contributed by atoms with Crippen LogP contribution in [0.3, 0.4) is 0 Å². The van der Waals surface area contributed by atoms with Gasteiger partial charge in [0.25, 0.3) is 0 Å². The summed E-state index contributed by atoms with van der Waals surface area (Å²) in [4.78, 5) is 18.3. The molecule has 0 aliphatic heterocycles. The van der Waals surface area contributed by atoms with Crippen molar-refractivity contribution in [3.8, 4) is 0 Å². The van der Waals surface area contributed by atoms with E-state index in [4.69, 9.17) is 4.74 Å². The Morgan fingerprint density at radius 1 is 1.31 bits per heavy atom. The van der Waals surface area contributed by atoms with Crippen LogP contribution in [-0.4, -0.2) is 33.9 Å². The lowest BCUT2D eigenvalue weighted by Crippen LogP contribution is -2.28. The average Bonchev–Trinajstić information content (AvgIpc) is 3.38. The fourth-order valence-corrected chi connectivity index (χ4v) is 5.42. The molecule has 0 radical (unpaired) electrons. The van der Waals surface area contributed by atoms with Crippen molar-refractivity contribution in [2.24, 2.45) is 5.41 Å². The molecule has 2 aromatic rings. The number of carbonyl (C=O) groups excluding carboxylic acids is 1. The predicted molar refractivity (Wildman–Crippen MR) is 116 cm³/mol. The van der Waals surface area contributed by atoms with Crippen LogP contribution in [0.15, 0.2) is 24.8 Å². The molecule has 7 heteroatoms. The number of hydrogen-bond acceptors (Lipinski definition) is 6. The summed E-state index contributed by atoms with van der Waals surface area (Å²) in [5, 5.41) is 7.93. The van der Waals surface area contributed by atoms with Crippen LogP contribution in [0.2, 0.25) is 0 Å². The summed E-state index contributed by atoms with van der Waals surface area (Å²) >= 11 is 1.56. The summed E-state index contributed by atoms with van der Waals surface area (Å²) in [6.07, 6.45) is 13.3. The zero-order valence-electron chi connectivity index (χ0n) is 17.5. The fraction of sp³-hybridized carbons (Fsp3) is 0.591. The van der Waals surface area contributed by atoms with Crippen LogP contribution in [0.5, 0.6) is 0 Å². The van der Waals surface area contributed by atoms with Gasteiger partial charge in [-0.2, -0.15) is 5.10 Å². The Kier molecular flexibility index (Phi) is 5.76. The Hall–Kier alpha value is -2.15. The lowest BCUT2D eigenvalue weighted by Gasteiger charge is -2.29. The van der Waals surface area contributed by atoms with E-state index in [9.17, 15) is 4.79 Å². The molecule has 0 spiro atoms. The second-order valence-corrected chi connectivity index (χ2v) is 10.0. The van der Waals surface area contributed by atoms with Gasteiger partial charge in [0.05, 0.1) is 18.8 Å². The number of esters is 1. The number of methoxy groups -OCH3 is 1. The third-order valence-corrected chi connectivity index (χ3v) is 7.45. The van der Waals surface area contributed by atoms with Crippen molar-refractivity contribution < 1.29 is 9.53 Å². The number of aromatic nitrogens is 3. The van der Waals surface area contributed by atoms with Crippen molar-refractivity contribution in [1.29, 1.82) is 0 Å². The molecule has 1 N–H and O–H groups in total. The summed E-state index contributed by atoms with van der Waals surface area (Å²) in [7, 11) is 1.46. The van der Waals surface area contributed by atoms with Crippen molar-refractivity contribution in [2.75, 3.05) is 12.4 Å². The number of allylic oxidation sites excluding steroid dienone is 2. The maximum atomic E-state index is 12.4.